The molecular formula is C19H13FN4O. The largest absolute Gasteiger partial charge is 0.437 e. The van der Waals surface area contributed by atoms with E-state index in [0.717, 1.165) is 36.1 Å². The van der Waals surface area contributed by atoms with Gasteiger partial charge in [0.2, 0.25) is 5.88 Å². The third-order valence-electron chi connectivity index (χ3n) is 4.13. The molecule has 25 heavy (non-hydrogen) atoms. The van der Waals surface area contributed by atoms with Gasteiger partial charge >= 0.3 is 0 Å². The van der Waals surface area contributed by atoms with Gasteiger partial charge in [-0.1, -0.05) is 6.07 Å². The van der Waals surface area contributed by atoms with Gasteiger partial charge in [-0.3, -0.25) is 4.98 Å². The molecule has 0 atom stereocenters. The second-order valence-electron chi connectivity index (χ2n) is 5.69. The number of nitriles is 1. The van der Waals surface area contributed by atoms with Gasteiger partial charge < -0.3 is 4.74 Å². The number of halogens is 1. The van der Waals surface area contributed by atoms with Crippen molar-refractivity contribution in [3.05, 3.63) is 65.4 Å². The lowest BCUT2D eigenvalue weighted by molar-refractivity contribution is 0.450. The normalized spacial score (nSPS) is 12.5. The van der Waals surface area contributed by atoms with Gasteiger partial charge in [0.25, 0.3) is 0 Å². The van der Waals surface area contributed by atoms with Gasteiger partial charge in [-0.25, -0.2) is 9.37 Å². The molecule has 0 saturated heterocycles. The van der Waals surface area contributed by atoms with Crippen LogP contribution in [0.25, 0.3) is 11.4 Å². The molecule has 1 aromatic carbocycles. The van der Waals surface area contributed by atoms with Crippen LogP contribution in [0.15, 0.2) is 42.7 Å². The molecule has 0 amide bonds. The Bertz CT molecular complexity index is 983. The Morgan fingerprint density at radius 1 is 1.08 bits per heavy atom. The van der Waals surface area contributed by atoms with Gasteiger partial charge in [0.05, 0.1) is 5.69 Å². The van der Waals surface area contributed by atoms with E-state index in [1.54, 1.807) is 18.5 Å². The molecule has 0 radical (unpaired) electrons. The van der Waals surface area contributed by atoms with E-state index in [2.05, 4.69) is 15.0 Å². The number of aryl methyl sites for hydroxylation is 1. The van der Waals surface area contributed by atoms with Crippen LogP contribution in [0.1, 0.15) is 23.2 Å². The average molecular weight is 332 g/mol. The van der Waals surface area contributed by atoms with Crippen molar-refractivity contribution >= 4 is 0 Å². The van der Waals surface area contributed by atoms with Gasteiger partial charge in [0, 0.05) is 23.5 Å². The van der Waals surface area contributed by atoms with Crippen LogP contribution < -0.4 is 4.74 Å². The van der Waals surface area contributed by atoms with Crippen LogP contribution >= 0.6 is 0 Å². The number of hydrogen-bond donors (Lipinski definition) is 0. The van der Waals surface area contributed by atoms with Gasteiger partial charge in [0.15, 0.2) is 5.82 Å². The quantitative estimate of drug-likeness (QED) is 0.729. The van der Waals surface area contributed by atoms with E-state index in [1.165, 1.54) is 12.1 Å². The lowest BCUT2D eigenvalue weighted by Gasteiger charge is -2.12. The molecule has 0 N–H and O–H groups in total. The Morgan fingerprint density at radius 3 is 2.72 bits per heavy atom. The SMILES string of the molecule is N#Cc1c(F)cccc1Oc1nc(-c2ccncc2)nc2c1CCC2. The van der Waals surface area contributed by atoms with Crippen molar-refractivity contribution in [3.63, 3.8) is 0 Å². The molecule has 1 aliphatic rings. The highest BCUT2D eigenvalue weighted by Crippen LogP contribution is 2.34. The maximum atomic E-state index is 13.8. The molecule has 2 aromatic heterocycles. The summed E-state index contributed by atoms with van der Waals surface area (Å²) >= 11 is 0. The fraction of sp³-hybridized carbons (Fsp3) is 0.158. The molecule has 0 saturated carbocycles. The van der Waals surface area contributed by atoms with Crippen LogP contribution in [0.5, 0.6) is 11.6 Å². The fourth-order valence-electron chi connectivity index (χ4n) is 2.91. The third kappa shape index (κ3) is 2.81. The topological polar surface area (TPSA) is 71.7 Å². The summed E-state index contributed by atoms with van der Waals surface area (Å²) in [5, 5.41) is 9.19. The van der Waals surface area contributed by atoms with E-state index < -0.39 is 5.82 Å². The highest BCUT2D eigenvalue weighted by Gasteiger charge is 2.22. The van der Waals surface area contributed by atoms with Crippen molar-refractivity contribution in [3.8, 4) is 29.1 Å². The van der Waals surface area contributed by atoms with E-state index in [0.29, 0.717) is 11.7 Å². The third-order valence-corrected chi connectivity index (χ3v) is 4.13. The van der Waals surface area contributed by atoms with Crippen LogP contribution in [-0.4, -0.2) is 15.0 Å². The smallest absolute Gasteiger partial charge is 0.226 e. The van der Waals surface area contributed by atoms with E-state index in [1.807, 2.05) is 18.2 Å². The van der Waals surface area contributed by atoms with Gasteiger partial charge in [-0.15, -0.1) is 0 Å². The number of rotatable bonds is 3. The molecule has 1 aliphatic carbocycles. The van der Waals surface area contributed by atoms with Crippen molar-refractivity contribution in [1.82, 2.24) is 15.0 Å². The first-order valence-electron chi connectivity index (χ1n) is 7.93. The van der Waals surface area contributed by atoms with E-state index >= 15 is 0 Å². The summed E-state index contributed by atoms with van der Waals surface area (Å²) in [6.07, 6.45) is 5.97. The minimum atomic E-state index is -0.611. The lowest BCUT2D eigenvalue weighted by Crippen LogP contribution is -2.02. The summed E-state index contributed by atoms with van der Waals surface area (Å²) in [7, 11) is 0. The highest BCUT2D eigenvalue weighted by atomic mass is 19.1. The number of ether oxygens (including phenoxy) is 1. The zero-order valence-electron chi connectivity index (χ0n) is 13.2. The van der Waals surface area contributed by atoms with Crippen LogP contribution in [0.3, 0.4) is 0 Å². The summed E-state index contributed by atoms with van der Waals surface area (Å²) in [4.78, 5) is 13.2. The molecule has 0 bridgehead atoms. The predicted molar refractivity (Wildman–Crippen MR) is 88.5 cm³/mol. The zero-order valence-corrected chi connectivity index (χ0v) is 13.2. The molecule has 0 fully saturated rings. The Hall–Kier alpha value is -3.33. The first-order chi connectivity index (χ1) is 12.3. The Balaban J connectivity index is 1.81. The predicted octanol–water partition coefficient (Wildman–Crippen LogP) is 3.83. The molecular weight excluding hydrogens is 319 g/mol. The van der Waals surface area contributed by atoms with E-state index in [9.17, 15) is 9.65 Å². The Labute approximate surface area is 143 Å². The number of hydrogen-bond acceptors (Lipinski definition) is 5. The van der Waals surface area contributed by atoms with Crippen molar-refractivity contribution in [1.29, 1.82) is 5.26 Å². The highest BCUT2D eigenvalue weighted by molar-refractivity contribution is 5.57. The summed E-state index contributed by atoms with van der Waals surface area (Å²) in [5.41, 5.74) is 2.56. The van der Waals surface area contributed by atoms with Crippen molar-refractivity contribution in [2.75, 3.05) is 0 Å². The van der Waals surface area contributed by atoms with Crippen molar-refractivity contribution in [2.45, 2.75) is 19.3 Å². The van der Waals surface area contributed by atoms with Crippen molar-refractivity contribution < 1.29 is 9.13 Å². The lowest BCUT2D eigenvalue weighted by atomic mass is 10.2. The standard InChI is InChI=1S/C19H13FN4O/c20-15-4-2-6-17(14(15)11-21)25-19-13-3-1-5-16(13)23-18(24-19)12-7-9-22-10-8-12/h2,4,6-10H,1,3,5H2. The number of pyridine rings is 1. The maximum absolute atomic E-state index is 13.8. The number of nitrogens with zero attached hydrogens (tertiary/aromatic N) is 4. The zero-order chi connectivity index (χ0) is 17.2. The molecule has 0 aliphatic heterocycles. The average Bonchev–Trinajstić information content (AvgIpc) is 3.11. The molecule has 0 unspecified atom stereocenters. The number of benzene rings is 1. The monoisotopic (exact) mass is 332 g/mol. The molecule has 6 heteroatoms. The summed E-state index contributed by atoms with van der Waals surface area (Å²) in [6.45, 7) is 0. The van der Waals surface area contributed by atoms with E-state index in [-0.39, 0.29) is 11.3 Å². The number of fused-ring (bicyclic) bond motifs is 1. The molecule has 0 spiro atoms. The molecule has 3 aromatic rings. The summed E-state index contributed by atoms with van der Waals surface area (Å²) in [6, 6.07) is 9.80. The molecule has 122 valence electrons. The van der Waals surface area contributed by atoms with Gasteiger partial charge in [0.1, 0.15) is 23.2 Å². The fourth-order valence-corrected chi connectivity index (χ4v) is 2.91. The number of aromatic nitrogens is 3. The molecule has 4 rings (SSSR count). The summed E-state index contributed by atoms with van der Waals surface area (Å²) in [5.74, 6) is 0.473. The van der Waals surface area contributed by atoms with Crippen LogP contribution in [0.4, 0.5) is 4.39 Å². The molecule has 2 heterocycles. The van der Waals surface area contributed by atoms with Gasteiger partial charge in [-0.2, -0.15) is 10.2 Å². The minimum absolute atomic E-state index is 0.127. The van der Waals surface area contributed by atoms with Gasteiger partial charge in [-0.05, 0) is 43.5 Å². The first kappa shape index (κ1) is 15.2. The Kier molecular flexibility index (Phi) is 3.82. The molecule has 5 nitrogen and oxygen atoms in total. The van der Waals surface area contributed by atoms with Crippen LogP contribution in [0.2, 0.25) is 0 Å². The summed E-state index contributed by atoms with van der Waals surface area (Å²) < 4.78 is 19.7. The van der Waals surface area contributed by atoms with Crippen LogP contribution in [-0.2, 0) is 12.8 Å². The van der Waals surface area contributed by atoms with E-state index in [4.69, 9.17) is 4.74 Å². The van der Waals surface area contributed by atoms with Crippen LogP contribution in [0, 0.1) is 17.1 Å². The first-order valence-corrected chi connectivity index (χ1v) is 7.93. The second-order valence-corrected chi connectivity index (χ2v) is 5.69. The second kappa shape index (κ2) is 6.29. The Morgan fingerprint density at radius 2 is 1.92 bits per heavy atom. The minimum Gasteiger partial charge on any atom is -0.437 e. The van der Waals surface area contributed by atoms with Crippen molar-refractivity contribution in [2.24, 2.45) is 0 Å². The maximum Gasteiger partial charge on any atom is 0.226 e.